The van der Waals surface area contributed by atoms with E-state index in [1.807, 2.05) is 12.1 Å². The first-order chi connectivity index (χ1) is 9.83. The second-order valence-electron chi connectivity index (χ2n) is 5.21. The van der Waals surface area contributed by atoms with Gasteiger partial charge in [-0.15, -0.1) is 0 Å². The van der Waals surface area contributed by atoms with Crippen LogP contribution >= 0.6 is 23.4 Å². The summed E-state index contributed by atoms with van der Waals surface area (Å²) in [6.07, 6.45) is 14.6. The molecule has 0 aliphatic carbocycles. The number of thioether (sulfide) groups is 1. The first kappa shape index (κ1) is 17.7. The predicted octanol–water partition coefficient (Wildman–Crippen LogP) is 7.48. The van der Waals surface area contributed by atoms with Crippen molar-refractivity contribution in [1.29, 1.82) is 0 Å². The fraction of sp³-hybridized carbons (Fsp3) is 0.556. The number of unbranched alkanes of at least 4 members (excludes halogenated alkanes) is 8. The lowest BCUT2D eigenvalue weighted by Gasteiger charge is -2.00. The zero-order valence-corrected chi connectivity index (χ0v) is 14.2. The van der Waals surface area contributed by atoms with Gasteiger partial charge in [0.15, 0.2) is 0 Å². The maximum atomic E-state index is 5.86. The van der Waals surface area contributed by atoms with E-state index < -0.39 is 0 Å². The number of allylic oxidation sites excluding steroid dienone is 1. The fourth-order valence-electron chi connectivity index (χ4n) is 2.10. The molecule has 0 aliphatic rings. The van der Waals surface area contributed by atoms with E-state index in [4.69, 9.17) is 11.6 Å². The van der Waals surface area contributed by atoms with Crippen molar-refractivity contribution in [2.45, 2.75) is 69.6 Å². The first-order valence-corrected chi connectivity index (χ1v) is 9.16. The Kier molecular flexibility index (Phi) is 10.9. The topological polar surface area (TPSA) is 0 Å². The summed E-state index contributed by atoms with van der Waals surface area (Å²) < 4.78 is 0. The minimum absolute atomic E-state index is 0.803. The van der Waals surface area contributed by atoms with Gasteiger partial charge in [0, 0.05) is 9.92 Å². The van der Waals surface area contributed by atoms with Crippen LogP contribution in [-0.2, 0) is 0 Å². The lowest BCUT2D eigenvalue weighted by molar-refractivity contribution is 0.578. The van der Waals surface area contributed by atoms with Crippen LogP contribution in [0.2, 0.25) is 5.02 Å². The lowest BCUT2D eigenvalue weighted by atomic mass is 10.1. The third-order valence-electron chi connectivity index (χ3n) is 3.34. The van der Waals surface area contributed by atoms with Gasteiger partial charge in [0.2, 0.25) is 0 Å². The minimum Gasteiger partial charge on any atom is -0.0984 e. The highest BCUT2D eigenvalue weighted by atomic mass is 35.5. The maximum Gasteiger partial charge on any atom is 0.0406 e. The highest BCUT2D eigenvalue weighted by Crippen LogP contribution is 2.21. The molecule has 0 atom stereocenters. The van der Waals surface area contributed by atoms with Crippen LogP contribution in [0.25, 0.3) is 0 Å². The Morgan fingerprint density at radius 3 is 2.15 bits per heavy atom. The highest BCUT2D eigenvalue weighted by Gasteiger charge is 1.92. The molecular formula is C18H27ClS. The van der Waals surface area contributed by atoms with Crippen molar-refractivity contribution in [1.82, 2.24) is 0 Å². The average molecular weight is 311 g/mol. The van der Waals surface area contributed by atoms with Gasteiger partial charge >= 0.3 is 0 Å². The van der Waals surface area contributed by atoms with Crippen LogP contribution in [0.4, 0.5) is 0 Å². The van der Waals surface area contributed by atoms with Crippen molar-refractivity contribution in [2.75, 3.05) is 0 Å². The molecule has 0 fully saturated rings. The summed E-state index contributed by atoms with van der Waals surface area (Å²) in [6, 6.07) is 8.01. The molecule has 0 nitrogen and oxygen atoms in total. The smallest absolute Gasteiger partial charge is 0.0406 e. The Hall–Kier alpha value is -0.400. The number of rotatable bonds is 11. The van der Waals surface area contributed by atoms with Gasteiger partial charge in [-0.1, -0.05) is 81.3 Å². The molecule has 0 unspecified atom stereocenters. The minimum atomic E-state index is 0.803. The molecule has 0 N–H and O–H groups in total. The van der Waals surface area contributed by atoms with Crippen LogP contribution in [-0.4, -0.2) is 0 Å². The summed E-state index contributed by atoms with van der Waals surface area (Å²) in [5.41, 5.74) is 0. The zero-order valence-electron chi connectivity index (χ0n) is 12.6. The monoisotopic (exact) mass is 310 g/mol. The normalized spacial score (nSPS) is 11.3. The molecule has 0 radical (unpaired) electrons. The van der Waals surface area contributed by atoms with E-state index in [1.165, 1.54) is 62.7 Å². The van der Waals surface area contributed by atoms with E-state index in [0.717, 1.165) is 5.02 Å². The summed E-state index contributed by atoms with van der Waals surface area (Å²) in [6.45, 7) is 2.27. The Balaban J connectivity index is 1.93. The van der Waals surface area contributed by atoms with Crippen LogP contribution < -0.4 is 0 Å². The van der Waals surface area contributed by atoms with Gasteiger partial charge in [-0.25, -0.2) is 0 Å². The number of benzene rings is 1. The average Bonchev–Trinajstić information content (AvgIpc) is 2.47. The molecule has 0 saturated carbocycles. The Morgan fingerprint density at radius 1 is 0.900 bits per heavy atom. The molecule has 0 spiro atoms. The van der Waals surface area contributed by atoms with Crippen molar-refractivity contribution in [3.63, 3.8) is 0 Å². The van der Waals surface area contributed by atoms with Crippen LogP contribution in [0.5, 0.6) is 0 Å². The zero-order chi connectivity index (χ0) is 14.5. The van der Waals surface area contributed by atoms with Crippen LogP contribution in [0, 0.1) is 0 Å². The molecule has 0 saturated heterocycles. The van der Waals surface area contributed by atoms with Gasteiger partial charge in [-0.05, 0) is 42.5 Å². The van der Waals surface area contributed by atoms with Gasteiger partial charge in [-0.2, -0.15) is 0 Å². The van der Waals surface area contributed by atoms with Crippen molar-refractivity contribution < 1.29 is 0 Å². The van der Waals surface area contributed by atoms with E-state index in [2.05, 4.69) is 30.5 Å². The van der Waals surface area contributed by atoms with E-state index in [-0.39, 0.29) is 0 Å². The number of hydrogen-bond acceptors (Lipinski definition) is 1. The van der Waals surface area contributed by atoms with E-state index in [0.29, 0.717) is 0 Å². The maximum absolute atomic E-state index is 5.86. The third kappa shape index (κ3) is 9.50. The Bertz CT molecular complexity index is 356. The van der Waals surface area contributed by atoms with Gasteiger partial charge in [0.05, 0.1) is 0 Å². The van der Waals surface area contributed by atoms with Gasteiger partial charge in [0.25, 0.3) is 0 Å². The standard InChI is InChI=1S/C18H27ClS/c1-2-3-4-5-6-7-8-9-10-11-16-20-18-14-12-17(19)13-15-18/h11-16H,2-10H2,1H3/b16-11+. The largest absolute Gasteiger partial charge is 0.0984 e. The molecule has 0 aliphatic heterocycles. The summed E-state index contributed by atoms with van der Waals surface area (Å²) in [5, 5.41) is 3.00. The Morgan fingerprint density at radius 2 is 1.50 bits per heavy atom. The molecule has 0 heterocycles. The van der Waals surface area contributed by atoms with Crippen molar-refractivity contribution in [3.05, 3.63) is 40.8 Å². The molecule has 0 aromatic heterocycles. The van der Waals surface area contributed by atoms with Crippen LogP contribution in [0.3, 0.4) is 0 Å². The van der Waals surface area contributed by atoms with Crippen molar-refractivity contribution in [2.24, 2.45) is 0 Å². The fourth-order valence-corrected chi connectivity index (χ4v) is 2.91. The quantitative estimate of drug-likeness (QED) is 0.301. The van der Waals surface area contributed by atoms with Gasteiger partial charge < -0.3 is 0 Å². The Labute approximate surface area is 134 Å². The van der Waals surface area contributed by atoms with Crippen molar-refractivity contribution >= 4 is 23.4 Å². The SMILES string of the molecule is CCCCCCCCCC/C=C/Sc1ccc(Cl)cc1. The number of hydrogen-bond donors (Lipinski definition) is 0. The third-order valence-corrected chi connectivity index (χ3v) is 4.46. The van der Waals surface area contributed by atoms with E-state index >= 15 is 0 Å². The summed E-state index contributed by atoms with van der Waals surface area (Å²) in [5.74, 6) is 0. The molecule has 0 amide bonds. The first-order valence-electron chi connectivity index (χ1n) is 7.90. The summed E-state index contributed by atoms with van der Waals surface area (Å²) in [7, 11) is 0. The van der Waals surface area contributed by atoms with Gasteiger partial charge in [0.1, 0.15) is 0 Å². The molecule has 1 aromatic carbocycles. The number of halogens is 1. The molecule has 112 valence electrons. The molecule has 0 bridgehead atoms. The van der Waals surface area contributed by atoms with Crippen LogP contribution in [0.15, 0.2) is 40.6 Å². The molecular weight excluding hydrogens is 284 g/mol. The van der Waals surface area contributed by atoms with Gasteiger partial charge in [-0.3, -0.25) is 0 Å². The molecule has 20 heavy (non-hydrogen) atoms. The molecule has 1 rings (SSSR count). The predicted molar refractivity (Wildman–Crippen MR) is 93.7 cm³/mol. The second-order valence-corrected chi connectivity index (χ2v) is 6.62. The van der Waals surface area contributed by atoms with Crippen molar-refractivity contribution in [3.8, 4) is 0 Å². The summed E-state index contributed by atoms with van der Waals surface area (Å²) >= 11 is 7.62. The highest BCUT2D eigenvalue weighted by molar-refractivity contribution is 8.02. The lowest BCUT2D eigenvalue weighted by Crippen LogP contribution is -1.79. The van der Waals surface area contributed by atoms with Crippen LogP contribution in [0.1, 0.15) is 64.7 Å². The molecule has 1 aromatic rings. The molecule has 2 heteroatoms. The van der Waals surface area contributed by atoms with E-state index in [9.17, 15) is 0 Å². The second kappa shape index (κ2) is 12.3. The summed E-state index contributed by atoms with van der Waals surface area (Å²) in [4.78, 5) is 1.25. The van der Waals surface area contributed by atoms with E-state index in [1.54, 1.807) is 11.8 Å².